The average molecular weight is 480 g/mol. The Labute approximate surface area is 194 Å². The molecule has 0 aliphatic rings. The van der Waals surface area contributed by atoms with Crippen molar-refractivity contribution in [2.75, 3.05) is 12.4 Å². The zero-order valence-corrected chi connectivity index (χ0v) is 19.9. The van der Waals surface area contributed by atoms with Crippen molar-refractivity contribution in [3.8, 4) is 5.75 Å². The second kappa shape index (κ2) is 8.13. The number of aryl methyl sites for hydroxylation is 2. The first-order valence-corrected chi connectivity index (χ1v) is 12.6. The molecule has 0 fully saturated rings. The minimum atomic E-state index is -3.92. The molecule has 10 heteroatoms. The number of benzene rings is 2. The number of fused-ring (bicyclic) bond motifs is 3. The van der Waals surface area contributed by atoms with Crippen molar-refractivity contribution in [3.05, 3.63) is 70.6 Å². The van der Waals surface area contributed by atoms with Crippen LogP contribution in [-0.2, 0) is 16.4 Å². The Balaban J connectivity index is 1.62. The maximum absolute atomic E-state index is 13.5. The first-order chi connectivity index (χ1) is 15.9. The molecular formula is C23H21N5O3S2. The summed E-state index contributed by atoms with van der Waals surface area (Å²) in [6.45, 7) is 4.12. The van der Waals surface area contributed by atoms with Gasteiger partial charge in [-0.25, -0.2) is 13.4 Å². The highest BCUT2D eigenvalue weighted by molar-refractivity contribution is 7.91. The molecule has 3 heterocycles. The van der Waals surface area contributed by atoms with Crippen LogP contribution in [0.1, 0.15) is 16.7 Å². The molecule has 0 saturated heterocycles. The fraction of sp³-hybridized carbons (Fsp3) is 0.174. The lowest BCUT2D eigenvalue weighted by molar-refractivity contribution is 0.414. The summed E-state index contributed by atoms with van der Waals surface area (Å²) in [6, 6.07) is 14.9. The highest BCUT2D eigenvalue weighted by Gasteiger charge is 2.28. The topological polar surface area (TPSA) is 98.5 Å². The van der Waals surface area contributed by atoms with Gasteiger partial charge >= 0.3 is 0 Å². The average Bonchev–Trinajstić information content (AvgIpc) is 3.46. The number of ether oxygens (including phenoxy) is 1. The summed E-state index contributed by atoms with van der Waals surface area (Å²) in [4.78, 5) is 4.88. The van der Waals surface area contributed by atoms with Crippen molar-refractivity contribution in [2.45, 2.75) is 30.3 Å². The molecule has 0 aliphatic heterocycles. The van der Waals surface area contributed by atoms with E-state index in [0.717, 1.165) is 27.1 Å². The summed E-state index contributed by atoms with van der Waals surface area (Å²) in [6.07, 6.45) is 0. The molecule has 0 aliphatic carbocycles. The van der Waals surface area contributed by atoms with Gasteiger partial charge < -0.3 is 10.1 Å². The zero-order chi connectivity index (χ0) is 23.2. The molecule has 0 atom stereocenters. The fourth-order valence-corrected chi connectivity index (χ4v) is 6.08. The van der Waals surface area contributed by atoms with Gasteiger partial charge in [0, 0.05) is 6.54 Å². The Hall–Kier alpha value is -3.50. The van der Waals surface area contributed by atoms with Crippen molar-refractivity contribution in [2.24, 2.45) is 0 Å². The molecule has 3 aromatic heterocycles. The van der Waals surface area contributed by atoms with E-state index in [2.05, 4.69) is 20.6 Å². The standard InChI is InChI=1S/C23H21N5O3S2/c1-14-7-8-15(2)19(11-14)33(29,30)23-22-25-21(20-18(9-10-32-20)28(22)27-26-23)24-13-16-5-4-6-17(12-16)31-3/h4-12H,13H2,1-3H3,(H,24,25). The summed E-state index contributed by atoms with van der Waals surface area (Å²) < 4.78 is 34.7. The second-order valence-electron chi connectivity index (χ2n) is 7.70. The van der Waals surface area contributed by atoms with Crippen LogP contribution >= 0.6 is 11.3 Å². The molecule has 1 N–H and O–H groups in total. The number of rotatable bonds is 6. The Kier molecular flexibility index (Phi) is 5.26. The van der Waals surface area contributed by atoms with Crippen LogP contribution in [0.2, 0.25) is 0 Å². The van der Waals surface area contributed by atoms with E-state index in [4.69, 9.17) is 4.74 Å². The van der Waals surface area contributed by atoms with E-state index in [0.29, 0.717) is 17.9 Å². The van der Waals surface area contributed by atoms with Gasteiger partial charge in [-0.2, -0.15) is 4.52 Å². The van der Waals surface area contributed by atoms with E-state index < -0.39 is 9.84 Å². The monoisotopic (exact) mass is 479 g/mol. The molecule has 0 unspecified atom stereocenters. The van der Waals surface area contributed by atoms with Crippen LogP contribution in [0.4, 0.5) is 5.82 Å². The minimum absolute atomic E-state index is 0.159. The number of methoxy groups -OCH3 is 1. The zero-order valence-electron chi connectivity index (χ0n) is 18.2. The van der Waals surface area contributed by atoms with E-state index in [9.17, 15) is 8.42 Å². The van der Waals surface area contributed by atoms with Crippen LogP contribution in [-0.4, -0.2) is 35.3 Å². The quantitative estimate of drug-likeness (QED) is 0.385. The molecule has 0 radical (unpaired) electrons. The third-order valence-electron chi connectivity index (χ3n) is 5.40. The number of hydrogen-bond acceptors (Lipinski definition) is 8. The van der Waals surface area contributed by atoms with E-state index in [-0.39, 0.29) is 15.6 Å². The van der Waals surface area contributed by atoms with Crippen molar-refractivity contribution >= 4 is 42.9 Å². The molecule has 5 rings (SSSR count). The second-order valence-corrected chi connectivity index (χ2v) is 10.5. The molecule has 2 aromatic carbocycles. The molecule has 8 nitrogen and oxygen atoms in total. The molecular weight excluding hydrogens is 458 g/mol. The summed E-state index contributed by atoms with van der Waals surface area (Å²) in [5, 5.41) is 13.3. The third-order valence-corrected chi connectivity index (χ3v) is 8.11. The number of sulfone groups is 1. The first kappa shape index (κ1) is 21.4. The third kappa shape index (κ3) is 3.70. The van der Waals surface area contributed by atoms with Crippen LogP contribution < -0.4 is 10.1 Å². The van der Waals surface area contributed by atoms with Gasteiger partial charge in [0.2, 0.25) is 14.9 Å². The Morgan fingerprint density at radius 2 is 1.97 bits per heavy atom. The van der Waals surface area contributed by atoms with Crippen molar-refractivity contribution in [1.29, 1.82) is 0 Å². The van der Waals surface area contributed by atoms with Gasteiger partial charge in [0.05, 0.1) is 22.2 Å². The van der Waals surface area contributed by atoms with Gasteiger partial charge in [0.25, 0.3) is 0 Å². The van der Waals surface area contributed by atoms with Gasteiger partial charge in [-0.1, -0.05) is 29.5 Å². The summed E-state index contributed by atoms with van der Waals surface area (Å²) >= 11 is 1.50. The molecule has 0 amide bonds. The number of anilines is 1. The summed E-state index contributed by atoms with van der Waals surface area (Å²) in [5.41, 5.74) is 3.44. The van der Waals surface area contributed by atoms with Crippen LogP contribution in [0.3, 0.4) is 0 Å². The van der Waals surface area contributed by atoms with Gasteiger partial charge in [0.1, 0.15) is 11.6 Å². The van der Waals surface area contributed by atoms with Gasteiger partial charge in [0.15, 0.2) is 5.65 Å². The molecule has 5 aromatic rings. The minimum Gasteiger partial charge on any atom is -0.497 e. The fourth-order valence-electron chi connectivity index (χ4n) is 3.69. The Morgan fingerprint density at radius 1 is 1.12 bits per heavy atom. The maximum Gasteiger partial charge on any atom is 0.229 e. The van der Waals surface area contributed by atoms with Crippen LogP contribution in [0.25, 0.3) is 15.9 Å². The Bertz CT molecular complexity index is 1610. The van der Waals surface area contributed by atoms with Crippen molar-refractivity contribution in [1.82, 2.24) is 19.8 Å². The van der Waals surface area contributed by atoms with E-state index in [1.54, 1.807) is 26.2 Å². The number of aromatic nitrogens is 4. The lowest BCUT2D eigenvalue weighted by Gasteiger charge is -2.10. The molecule has 0 bridgehead atoms. The van der Waals surface area contributed by atoms with Gasteiger partial charge in [-0.15, -0.1) is 16.4 Å². The predicted molar refractivity (Wildman–Crippen MR) is 128 cm³/mol. The molecule has 0 spiro atoms. The van der Waals surface area contributed by atoms with Crippen molar-refractivity contribution in [3.63, 3.8) is 0 Å². The smallest absolute Gasteiger partial charge is 0.229 e. The van der Waals surface area contributed by atoms with E-state index >= 15 is 0 Å². The summed E-state index contributed by atoms with van der Waals surface area (Å²) in [7, 11) is -2.29. The maximum atomic E-state index is 13.5. The van der Waals surface area contributed by atoms with Gasteiger partial charge in [-0.3, -0.25) is 0 Å². The number of thiophene rings is 1. The summed E-state index contributed by atoms with van der Waals surface area (Å²) in [5.74, 6) is 1.34. The van der Waals surface area contributed by atoms with Gasteiger partial charge in [-0.05, 0) is 60.2 Å². The van der Waals surface area contributed by atoms with Crippen LogP contribution in [0.5, 0.6) is 5.75 Å². The number of nitrogens with zero attached hydrogens (tertiary/aromatic N) is 4. The number of hydrogen-bond donors (Lipinski definition) is 1. The van der Waals surface area contributed by atoms with E-state index in [1.807, 2.05) is 48.7 Å². The van der Waals surface area contributed by atoms with Crippen molar-refractivity contribution < 1.29 is 13.2 Å². The van der Waals surface area contributed by atoms with E-state index in [1.165, 1.54) is 15.9 Å². The Morgan fingerprint density at radius 3 is 2.79 bits per heavy atom. The molecule has 0 saturated carbocycles. The number of nitrogens with one attached hydrogen (secondary N) is 1. The highest BCUT2D eigenvalue weighted by atomic mass is 32.2. The molecule has 33 heavy (non-hydrogen) atoms. The largest absolute Gasteiger partial charge is 0.497 e. The normalized spacial score (nSPS) is 11.8. The lowest BCUT2D eigenvalue weighted by atomic mass is 10.2. The first-order valence-electron chi connectivity index (χ1n) is 10.2. The molecule has 168 valence electrons. The van der Waals surface area contributed by atoms with Crippen LogP contribution in [0.15, 0.2) is 63.8 Å². The SMILES string of the molecule is COc1cccc(CNc2nc3c(S(=O)(=O)c4cc(C)ccc4C)nnn3c3ccsc23)c1. The highest BCUT2D eigenvalue weighted by Crippen LogP contribution is 2.32. The lowest BCUT2D eigenvalue weighted by Crippen LogP contribution is -2.08. The predicted octanol–water partition coefficient (Wildman–Crippen LogP) is 4.41. The van der Waals surface area contributed by atoms with Crippen LogP contribution in [0, 0.1) is 13.8 Å².